The number of aromatic nitrogens is 1. The smallest absolute Gasteiger partial charge is 0.325 e. The quantitative estimate of drug-likeness (QED) is 0.480. The van der Waals surface area contributed by atoms with E-state index in [9.17, 15) is 14.4 Å². The summed E-state index contributed by atoms with van der Waals surface area (Å²) in [6.07, 6.45) is 0. The van der Waals surface area contributed by atoms with Gasteiger partial charge in [-0.2, -0.15) is 0 Å². The monoisotopic (exact) mass is 423 g/mol. The topological polar surface area (TPSA) is 112 Å². The highest BCUT2D eigenvalue weighted by atomic mass is 32.1. The van der Waals surface area contributed by atoms with Crippen LogP contribution in [0.1, 0.15) is 27.9 Å². The van der Waals surface area contributed by atoms with Crippen molar-refractivity contribution in [2.75, 3.05) is 21.3 Å². The van der Waals surface area contributed by atoms with Crippen molar-refractivity contribution in [3.63, 3.8) is 0 Å². The Morgan fingerprint density at radius 2 is 1.50 bits per heavy atom. The molecule has 3 aromatic rings. The highest BCUT2D eigenvalue weighted by Crippen LogP contribution is 2.24. The van der Waals surface area contributed by atoms with E-state index in [4.69, 9.17) is 0 Å². The number of aryl methyl sites for hydroxylation is 2. The molecule has 0 aliphatic rings. The first kappa shape index (κ1) is 21.0. The van der Waals surface area contributed by atoms with E-state index in [0.717, 1.165) is 16.9 Å². The Morgan fingerprint density at radius 1 is 0.833 bits per heavy atom. The lowest BCUT2D eigenvalue weighted by molar-refractivity contribution is -0.114. The number of carbonyl (C=O) groups is 3. The SMILES string of the molecule is CC(=O)Nc1ccc(NC(=O)c2sc(NC(=O)Nc3cccc(C)c3)nc2C)cc1. The zero-order chi connectivity index (χ0) is 21.7. The van der Waals surface area contributed by atoms with Crippen LogP contribution in [-0.2, 0) is 4.79 Å². The minimum absolute atomic E-state index is 0.168. The van der Waals surface area contributed by atoms with E-state index in [1.54, 1.807) is 37.3 Å². The third kappa shape index (κ3) is 5.65. The van der Waals surface area contributed by atoms with Crippen molar-refractivity contribution in [2.24, 2.45) is 0 Å². The largest absolute Gasteiger partial charge is 0.326 e. The number of rotatable bonds is 5. The molecule has 8 nitrogen and oxygen atoms in total. The maximum atomic E-state index is 12.6. The fourth-order valence-corrected chi connectivity index (χ4v) is 3.53. The van der Waals surface area contributed by atoms with E-state index in [1.807, 2.05) is 25.1 Å². The molecule has 154 valence electrons. The molecule has 0 aliphatic heterocycles. The second-order valence-corrected chi connectivity index (χ2v) is 7.59. The second kappa shape index (κ2) is 9.19. The van der Waals surface area contributed by atoms with Gasteiger partial charge >= 0.3 is 6.03 Å². The van der Waals surface area contributed by atoms with Gasteiger partial charge in [-0.15, -0.1) is 0 Å². The van der Waals surface area contributed by atoms with Gasteiger partial charge in [0.15, 0.2) is 5.13 Å². The summed E-state index contributed by atoms with van der Waals surface area (Å²) in [6, 6.07) is 13.8. The summed E-state index contributed by atoms with van der Waals surface area (Å²) >= 11 is 1.09. The van der Waals surface area contributed by atoms with Crippen molar-refractivity contribution in [1.82, 2.24) is 4.98 Å². The highest BCUT2D eigenvalue weighted by Gasteiger charge is 2.17. The predicted octanol–water partition coefficient (Wildman–Crippen LogP) is 4.61. The molecule has 0 aliphatic carbocycles. The van der Waals surface area contributed by atoms with Crippen molar-refractivity contribution in [1.29, 1.82) is 0 Å². The molecule has 2 aromatic carbocycles. The van der Waals surface area contributed by atoms with Gasteiger partial charge in [0.25, 0.3) is 5.91 Å². The molecular weight excluding hydrogens is 402 g/mol. The van der Waals surface area contributed by atoms with Crippen LogP contribution in [0.15, 0.2) is 48.5 Å². The number of amides is 4. The van der Waals surface area contributed by atoms with Gasteiger partial charge in [-0.25, -0.2) is 9.78 Å². The summed E-state index contributed by atoms with van der Waals surface area (Å²) < 4.78 is 0. The predicted molar refractivity (Wildman–Crippen MR) is 119 cm³/mol. The van der Waals surface area contributed by atoms with Crippen LogP contribution < -0.4 is 21.3 Å². The first-order valence-corrected chi connectivity index (χ1v) is 9.93. The van der Waals surface area contributed by atoms with E-state index >= 15 is 0 Å². The molecule has 1 aromatic heterocycles. The van der Waals surface area contributed by atoms with Gasteiger partial charge in [-0.05, 0) is 55.8 Å². The van der Waals surface area contributed by atoms with Crippen LogP contribution in [0.5, 0.6) is 0 Å². The van der Waals surface area contributed by atoms with Crippen LogP contribution in [0.3, 0.4) is 0 Å². The van der Waals surface area contributed by atoms with E-state index in [-0.39, 0.29) is 11.8 Å². The summed E-state index contributed by atoms with van der Waals surface area (Å²) in [5.74, 6) is -0.497. The Balaban J connectivity index is 1.62. The molecule has 0 fully saturated rings. The molecule has 9 heteroatoms. The average molecular weight is 423 g/mol. The summed E-state index contributed by atoms with van der Waals surface area (Å²) in [5, 5.41) is 11.2. The van der Waals surface area contributed by atoms with E-state index in [0.29, 0.717) is 32.8 Å². The molecule has 4 N–H and O–H groups in total. The van der Waals surface area contributed by atoms with E-state index in [1.165, 1.54) is 6.92 Å². The molecule has 0 bridgehead atoms. The third-order valence-corrected chi connectivity index (χ3v) is 5.03. The first-order chi connectivity index (χ1) is 14.3. The maximum Gasteiger partial charge on any atom is 0.325 e. The van der Waals surface area contributed by atoms with Crippen molar-refractivity contribution < 1.29 is 14.4 Å². The van der Waals surface area contributed by atoms with E-state index in [2.05, 4.69) is 26.3 Å². The molecule has 0 spiro atoms. The van der Waals surface area contributed by atoms with Gasteiger partial charge in [0.2, 0.25) is 5.91 Å². The number of hydrogen-bond acceptors (Lipinski definition) is 5. The van der Waals surface area contributed by atoms with Crippen molar-refractivity contribution in [2.45, 2.75) is 20.8 Å². The molecule has 0 saturated heterocycles. The Hall–Kier alpha value is -3.72. The van der Waals surface area contributed by atoms with Crippen LogP contribution in [0.2, 0.25) is 0 Å². The van der Waals surface area contributed by atoms with Gasteiger partial charge < -0.3 is 16.0 Å². The lowest BCUT2D eigenvalue weighted by atomic mass is 10.2. The molecule has 0 atom stereocenters. The van der Waals surface area contributed by atoms with Crippen LogP contribution in [0, 0.1) is 13.8 Å². The van der Waals surface area contributed by atoms with Crippen LogP contribution in [-0.4, -0.2) is 22.8 Å². The van der Waals surface area contributed by atoms with Gasteiger partial charge in [0.05, 0.1) is 5.69 Å². The minimum atomic E-state index is -0.435. The molecule has 4 amide bonds. The molecule has 0 saturated carbocycles. The van der Waals surface area contributed by atoms with Crippen LogP contribution in [0.4, 0.5) is 27.0 Å². The summed E-state index contributed by atoms with van der Waals surface area (Å²) in [4.78, 5) is 40.5. The first-order valence-electron chi connectivity index (χ1n) is 9.11. The molecule has 3 rings (SSSR count). The Morgan fingerprint density at radius 3 is 2.13 bits per heavy atom. The van der Waals surface area contributed by atoms with Crippen molar-refractivity contribution >= 4 is 51.4 Å². The van der Waals surface area contributed by atoms with Crippen LogP contribution >= 0.6 is 11.3 Å². The zero-order valence-corrected chi connectivity index (χ0v) is 17.5. The number of nitrogens with one attached hydrogen (secondary N) is 4. The van der Waals surface area contributed by atoms with Gasteiger partial charge in [0.1, 0.15) is 4.88 Å². The average Bonchev–Trinajstić information content (AvgIpc) is 3.03. The summed E-state index contributed by atoms with van der Waals surface area (Å²) in [6.45, 7) is 5.06. The maximum absolute atomic E-state index is 12.6. The number of carbonyl (C=O) groups excluding carboxylic acids is 3. The molecule has 1 heterocycles. The number of thiazole rings is 1. The van der Waals surface area contributed by atoms with Crippen molar-refractivity contribution in [3.05, 3.63) is 64.7 Å². The van der Waals surface area contributed by atoms with Gasteiger partial charge in [-0.1, -0.05) is 23.5 Å². The van der Waals surface area contributed by atoms with Crippen LogP contribution in [0.25, 0.3) is 0 Å². The Bertz CT molecular complexity index is 1090. The van der Waals surface area contributed by atoms with Gasteiger partial charge in [-0.3, -0.25) is 14.9 Å². The third-order valence-electron chi connectivity index (χ3n) is 3.96. The van der Waals surface area contributed by atoms with E-state index < -0.39 is 6.03 Å². The number of nitrogens with zero attached hydrogens (tertiary/aromatic N) is 1. The number of anilines is 4. The Labute approximate surface area is 177 Å². The fourth-order valence-electron chi connectivity index (χ4n) is 2.67. The number of benzene rings is 2. The molecule has 30 heavy (non-hydrogen) atoms. The standard InChI is InChI=1S/C21H21N5O3S/c1-12-5-4-6-17(11-12)25-20(29)26-21-22-13(2)18(30-21)19(28)24-16-9-7-15(8-10-16)23-14(3)27/h4-11H,1-3H3,(H,23,27)(H,24,28)(H2,22,25,26,29). The Kier molecular flexibility index (Phi) is 6.43. The minimum Gasteiger partial charge on any atom is -0.326 e. The zero-order valence-electron chi connectivity index (χ0n) is 16.7. The summed E-state index contributed by atoms with van der Waals surface area (Å²) in [7, 11) is 0. The lowest BCUT2D eigenvalue weighted by Crippen LogP contribution is -2.19. The van der Waals surface area contributed by atoms with Gasteiger partial charge in [0, 0.05) is 24.0 Å². The fraction of sp³-hybridized carbons (Fsp3) is 0.143. The number of hydrogen-bond donors (Lipinski definition) is 4. The normalized spacial score (nSPS) is 10.2. The molecule has 0 radical (unpaired) electrons. The van der Waals surface area contributed by atoms with Crippen molar-refractivity contribution in [3.8, 4) is 0 Å². The lowest BCUT2D eigenvalue weighted by Gasteiger charge is -2.06. The highest BCUT2D eigenvalue weighted by molar-refractivity contribution is 7.17. The summed E-state index contributed by atoms with van der Waals surface area (Å²) in [5.41, 5.74) is 3.43. The molecular formula is C21H21N5O3S. The molecule has 0 unspecified atom stereocenters. The second-order valence-electron chi connectivity index (χ2n) is 6.59. The number of urea groups is 1.